The molecule has 2 aliphatic rings. The fraction of sp³-hybridized carbons (Fsp3) is 0.900. The van der Waals surface area contributed by atoms with E-state index < -0.39 is 11.6 Å². The standard InChI is InChI=1S/C10H16O3/c1-9(2)5-7-6(8(11)12)3-4-10(7,9)13/h6-7,13H,3-5H2,1-2H3,(H,11,12). The minimum atomic E-state index is -0.739. The van der Waals surface area contributed by atoms with E-state index in [4.69, 9.17) is 5.11 Å². The van der Waals surface area contributed by atoms with E-state index in [0.29, 0.717) is 12.8 Å². The molecule has 0 aromatic rings. The molecule has 13 heavy (non-hydrogen) atoms. The van der Waals surface area contributed by atoms with Crippen molar-refractivity contribution in [2.24, 2.45) is 17.3 Å². The first-order valence-electron chi connectivity index (χ1n) is 4.84. The van der Waals surface area contributed by atoms with Crippen molar-refractivity contribution in [3.63, 3.8) is 0 Å². The Balaban J connectivity index is 2.21. The maximum atomic E-state index is 10.8. The highest BCUT2D eigenvalue weighted by atomic mass is 16.4. The molecule has 3 heteroatoms. The number of hydrogen-bond donors (Lipinski definition) is 2. The number of fused-ring (bicyclic) bond motifs is 1. The van der Waals surface area contributed by atoms with Crippen molar-refractivity contribution in [2.75, 3.05) is 0 Å². The zero-order chi connectivity index (χ0) is 9.85. The first-order chi connectivity index (χ1) is 5.88. The van der Waals surface area contributed by atoms with Gasteiger partial charge in [0.1, 0.15) is 0 Å². The number of carboxylic acid groups (broad SMARTS) is 1. The van der Waals surface area contributed by atoms with Crippen molar-refractivity contribution in [3.05, 3.63) is 0 Å². The summed E-state index contributed by atoms with van der Waals surface area (Å²) < 4.78 is 0. The van der Waals surface area contributed by atoms with Crippen molar-refractivity contribution < 1.29 is 15.0 Å². The molecule has 2 rings (SSSR count). The molecule has 2 aliphatic carbocycles. The molecule has 74 valence electrons. The molecule has 2 saturated carbocycles. The minimum absolute atomic E-state index is 0.000000000000000222. The maximum absolute atomic E-state index is 10.8. The van der Waals surface area contributed by atoms with E-state index in [1.54, 1.807) is 0 Å². The molecular formula is C10H16O3. The zero-order valence-corrected chi connectivity index (χ0v) is 8.08. The summed E-state index contributed by atoms with van der Waals surface area (Å²) in [5.74, 6) is -1.05. The van der Waals surface area contributed by atoms with Crippen molar-refractivity contribution in [2.45, 2.75) is 38.7 Å². The Hall–Kier alpha value is -0.570. The van der Waals surface area contributed by atoms with Gasteiger partial charge in [-0.25, -0.2) is 0 Å². The number of carboxylic acids is 1. The Labute approximate surface area is 77.8 Å². The van der Waals surface area contributed by atoms with Crippen LogP contribution in [-0.4, -0.2) is 21.8 Å². The molecule has 0 amide bonds. The van der Waals surface area contributed by atoms with Crippen LogP contribution >= 0.6 is 0 Å². The van der Waals surface area contributed by atoms with Crippen molar-refractivity contribution in [1.82, 2.24) is 0 Å². The van der Waals surface area contributed by atoms with Gasteiger partial charge in [0, 0.05) is 5.92 Å². The molecule has 0 saturated heterocycles. The summed E-state index contributed by atoms with van der Waals surface area (Å²) in [5, 5.41) is 19.1. The minimum Gasteiger partial charge on any atom is -0.481 e. The van der Waals surface area contributed by atoms with Gasteiger partial charge in [-0.15, -0.1) is 0 Å². The van der Waals surface area contributed by atoms with Crippen LogP contribution in [0.3, 0.4) is 0 Å². The lowest BCUT2D eigenvalue weighted by Gasteiger charge is -2.56. The molecule has 3 nitrogen and oxygen atoms in total. The smallest absolute Gasteiger partial charge is 0.306 e. The molecule has 0 spiro atoms. The van der Waals surface area contributed by atoms with Crippen molar-refractivity contribution in [3.8, 4) is 0 Å². The van der Waals surface area contributed by atoms with Crippen LogP contribution in [0.1, 0.15) is 33.1 Å². The van der Waals surface area contributed by atoms with Gasteiger partial charge in [-0.3, -0.25) is 4.79 Å². The fourth-order valence-electron chi connectivity index (χ4n) is 3.14. The van der Waals surface area contributed by atoms with E-state index in [0.717, 1.165) is 6.42 Å². The molecule has 3 atom stereocenters. The van der Waals surface area contributed by atoms with Gasteiger partial charge >= 0.3 is 5.97 Å². The second-order valence-electron chi connectivity index (χ2n) is 5.10. The molecule has 2 fully saturated rings. The van der Waals surface area contributed by atoms with Crippen molar-refractivity contribution in [1.29, 1.82) is 0 Å². The summed E-state index contributed by atoms with van der Waals surface area (Å²) in [4.78, 5) is 10.8. The van der Waals surface area contributed by atoms with Crippen LogP contribution in [0.25, 0.3) is 0 Å². The maximum Gasteiger partial charge on any atom is 0.306 e. The number of carbonyl (C=O) groups is 1. The topological polar surface area (TPSA) is 57.5 Å². The molecule has 3 unspecified atom stereocenters. The highest BCUT2D eigenvalue weighted by Crippen LogP contribution is 2.63. The summed E-state index contributed by atoms with van der Waals surface area (Å²) in [6.45, 7) is 4.04. The first kappa shape index (κ1) is 9.00. The Morgan fingerprint density at radius 2 is 2.08 bits per heavy atom. The molecule has 0 aromatic carbocycles. The van der Waals surface area contributed by atoms with Crippen LogP contribution in [0.5, 0.6) is 0 Å². The predicted molar refractivity (Wildman–Crippen MR) is 47.2 cm³/mol. The second-order valence-corrected chi connectivity index (χ2v) is 5.10. The van der Waals surface area contributed by atoms with E-state index in [1.165, 1.54) is 0 Å². The van der Waals surface area contributed by atoms with Gasteiger partial charge in [-0.1, -0.05) is 13.8 Å². The van der Waals surface area contributed by atoms with Crippen molar-refractivity contribution >= 4 is 5.97 Å². The number of aliphatic hydroxyl groups is 1. The normalized spacial score (nSPS) is 46.7. The Bertz CT molecular complexity index is 259. The molecule has 0 bridgehead atoms. The molecule has 2 N–H and O–H groups in total. The summed E-state index contributed by atoms with van der Waals surface area (Å²) in [7, 11) is 0. The highest BCUT2D eigenvalue weighted by Gasteiger charge is 2.66. The Morgan fingerprint density at radius 1 is 1.46 bits per heavy atom. The molecule has 0 radical (unpaired) electrons. The monoisotopic (exact) mass is 184 g/mol. The predicted octanol–water partition coefficient (Wildman–Crippen LogP) is 1.26. The quantitative estimate of drug-likeness (QED) is 0.645. The second kappa shape index (κ2) is 2.27. The van der Waals surface area contributed by atoms with Crippen LogP contribution in [-0.2, 0) is 4.79 Å². The van der Waals surface area contributed by atoms with Crippen LogP contribution in [0.15, 0.2) is 0 Å². The largest absolute Gasteiger partial charge is 0.481 e. The number of hydrogen-bond acceptors (Lipinski definition) is 2. The van der Waals surface area contributed by atoms with Gasteiger partial charge < -0.3 is 10.2 Å². The average Bonchev–Trinajstić information content (AvgIpc) is 2.27. The highest BCUT2D eigenvalue weighted by molar-refractivity contribution is 5.71. The molecule has 0 heterocycles. The lowest BCUT2D eigenvalue weighted by Crippen LogP contribution is -2.60. The summed E-state index contributed by atoms with van der Waals surface area (Å²) in [6.07, 6.45) is 2.14. The average molecular weight is 184 g/mol. The third-order valence-electron chi connectivity index (χ3n) is 4.15. The van der Waals surface area contributed by atoms with E-state index in [-0.39, 0.29) is 17.3 Å². The third kappa shape index (κ3) is 0.909. The SMILES string of the molecule is CC1(C)CC2C(C(=O)O)CCC21O. The van der Waals surface area contributed by atoms with Crippen LogP contribution in [0.4, 0.5) is 0 Å². The van der Waals surface area contributed by atoms with Gasteiger partial charge in [-0.2, -0.15) is 0 Å². The van der Waals surface area contributed by atoms with E-state index >= 15 is 0 Å². The summed E-state index contributed by atoms with van der Waals surface area (Å²) in [6, 6.07) is 0. The zero-order valence-electron chi connectivity index (χ0n) is 8.08. The summed E-state index contributed by atoms with van der Waals surface area (Å²) >= 11 is 0. The van der Waals surface area contributed by atoms with Gasteiger partial charge in [-0.05, 0) is 24.7 Å². The first-order valence-corrected chi connectivity index (χ1v) is 4.84. The van der Waals surface area contributed by atoms with Gasteiger partial charge in [0.25, 0.3) is 0 Å². The van der Waals surface area contributed by atoms with Crippen LogP contribution in [0.2, 0.25) is 0 Å². The lowest BCUT2D eigenvalue weighted by molar-refractivity contribution is -0.196. The van der Waals surface area contributed by atoms with Crippen LogP contribution < -0.4 is 0 Å². The van der Waals surface area contributed by atoms with E-state index in [2.05, 4.69) is 0 Å². The Kier molecular flexibility index (Phi) is 1.57. The van der Waals surface area contributed by atoms with E-state index in [9.17, 15) is 9.90 Å². The fourth-order valence-corrected chi connectivity index (χ4v) is 3.14. The summed E-state index contributed by atoms with van der Waals surface area (Å²) in [5.41, 5.74) is -0.780. The number of rotatable bonds is 1. The number of aliphatic carboxylic acids is 1. The molecule has 0 aliphatic heterocycles. The van der Waals surface area contributed by atoms with Gasteiger partial charge in [0.05, 0.1) is 11.5 Å². The Morgan fingerprint density at radius 3 is 2.46 bits per heavy atom. The molecule has 0 aromatic heterocycles. The third-order valence-corrected chi connectivity index (χ3v) is 4.15. The van der Waals surface area contributed by atoms with Crippen LogP contribution in [0, 0.1) is 17.3 Å². The van der Waals surface area contributed by atoms with E-state index in [1.807, 2.05) is 13.8 Å². The van der Waals surface area contributed by atoms with Gasteiger partial charge in [0.2, 0.25) is 0 Å². The lowest BCUT2D eigenvalue weighted by atomic mass is 9.52. The molecular weight excluding hydrogens is 168 g/mol. The van der Waals surface area contributed by atoms with Gasteiger partial charge in [0.15, 0.2) is 0 Å².